The first-order valence-electron chi connectivity index (χ1n) is 7.84. The molecule has 0 saturated heterocycles. The first-order chi connectivity index (χ1) is 9.86. The molecule has 0 atom stereocenters. The van der Waals surface area contributed by atoms with Gasteiger partial charge < -0.3 is 14.8 Å². The molecule has 3 rings (SSSR count). The van der Waals surface area contributed by atoms with Crippen LogP contribution in [0.4, 0.5) is 0 Å². The summed E-state index contributed by atoms with van der Waals surface area (Å²) in [6.45, 7) is 2.84. The summed E-state index contributed by atoms with van der Waals surface area (Å²) in [6, 6.07) is 7.77. The van der Waals surface area contributed by atoms with E-state index in [1.165, 1.54) is 32.2 Å². The third-order valence-electron chi connectivity index (χ3n) is 4.44. The normalized spacial score (nSPS) is 18.3. The molecule has 2 saturated carbocycles. The Morgan fingerprint density at radius 2 is 1.65 bits per heavy atom. The van der Waals surface area contributed by atoms with Crippen LogP contribution in [0.2, 0.25) is 0 Å². The van der Waals surface area contributed by atoms with Crippen molar-refractivity contribution in [2.45, 2.75) is 25.7 Å². The van der Waals surface area contributed by atoms with Gasteiger partial charge in [0.15, 0.2) is 0 Å². The van der Waals surface area contributed by atoms with Crippen molar-refractivity contribution in [1.29, 1.82) is 0 Å². The molecule has 3 nitrogen and oxygen atoms in total. The second-order valence-electron chi connectivity index (χ2n) is 6.07. The fraction of sp³-hybridized carbons (Fsp3) is 0.647. The minimum absolute atomic E-state index is 0.731. The molecular formula is C17H25NO2. The van der Waals surface area contributed by atoms with E-state index < -0.39 is 0 Å². The molecule has 20 heavy (non-hydrogen) atoms. The van der Waals surface area contributed by atoms with Crippen LogP contribution in [0.25, 0.3) is 0 Å². The predicted molar refractivity (Wildman–Crippen MR) is 80.3 cm³/mol. The highest BCUT2D eigenvalue weighted by atomic mass is 16.5. The number of hydrogen-bond acceptors (Lipinski definition) is 3. The SMILES string of the molecule is COc1ccc(OCCNCC(C2CC2)C2CC2)cc1. The zero-order chi connectivity index (χ0) is 13.8. The van der Waals surface area contributed by atoms with Gasteiger partial charge in [0, 0.05) is 6.54 Å². The molecule has 1 N–H and O–H groups in total. The molecule has 2 aliphatic rings. The van der Waals surface area contributed by atoms with E-state index in [0.717, 1.165) is 42.4 Å². The van der Waals surface area contributed by atoms with Crippen molar-refractivity contribution in [3.8, 4) is 11.5 Å². The van der Waals surface area contributed by atoms with E-state index in [-0.39, 0.29) is 0 Å². The molecule has 1 aromatic carbocycles. The quantitative estimate of drug-likeness (QED) is 0.702. The Hall–Kier alpha value is -1.22. The lowest BCUT2D eigenvalue weighted by molar-refractivity contribution is 0.299. The molecule has 0 spiro atoms. The van der Waals surface area contributed by atoms with Crippen LogP contribution in [-0.4, -0.2) is 26.8 Å². The van der Waals surface area contributed by atoms with E-state index in [2.05, 4.69) is 5.32 Å². The molecule has 0 aliphatic heterocycles. The molecule has 2 aliphatic carbocycles. The van der Waals surface area contributed by atoms with Gasteiger partial charge in [-0.15, -0.1) is 0 Å². The average molecular weight is 275 g/mol. The molecule has 0 amide bonds. The van der Waals surface area contributed by atoms with E-state index in [4.69, 9.17) is 9.47 Å². The second kappa shape index (κ2) is 6.49. The van der Waals surface area contributed by atoms with E-state index in [9.17, 15) is 0 Å². The fourth-order valence-corrected chi connectivity index (χ4v) is 2.95. The lowest BCUT2D eigenvalue weighted by Gasteiger charge is -2.16. The highest BCUT2D eigenvalue weighted by molar-refractivity contribution is 5.31. The summed E-state index contributed by atoms with van der Waals surface area (Å²) in [5, 5.41) is 3.57. The lowest BCUT2D eigenvalue weighted by Crippen LogP contribution is -2.29. The van der Waals surface area contributed by atoms with Crippen LogP contribution < -0.4 is 14.8 Å². The zero-order valence-electron chi connectivity index (χ0n) is 12.3. The van der Waals surface area contributed by atoms with Crippen molar-refractivity contribution >= 4 is 0 Å². The first kappa shape index (κ1) is 13.7. The predicted octanol–water partition coefficient (Wildman–Crippen LogP) is 3.10. The van der Waals surface area contributed by atoms with Gasteiger partial charge in [0.05, 0.1) is 7.11 Å². The third-order valence-corrected chi connectivity index (χ3v) is 4.44. The van der Waals surface area contributed by atoms with Crippen LogP contribution >= 0.6 is 0 Å². The zero-order valence-corrected chi connectivity index (χ0v) is 12.3. The summed E-state index contributed by atoms with van der Waals surface area (Å²) in [7, 11) is 1.68. The van der Waals surface area contributed by atoms with Crippen LogP contribution in [0.15, 0.2) is 24.3 Å². The summed E-state index contributed by atoms with van der Waals surface area (Å²) in [6.07, 6.45) is 5.85. The number of benzene rings is 1. The van der Waals surface area contributed by atoms with Gasteiger partial charge in [0.25, 0.3) is 0 Å². The summed E-state index contributed by atoms with van der Waals surface area (Å²) in [5.74, 6) is 4.77. The van der Waals surface area contributed by atoms with Gasteiger partial charge in [-0.2, -0.15) is 0 Å². The van der Waals surface area contributed by atoms with Crippen LogP contribution in [0.1, 0.15) is 25.7 Å². The standard InChI is InChI=1S/C17H25NO2/c1-19-15-6-8-16(9-7-15)20-11-10-18-12-17(13-2-3-13)14-4-5-14/h6-9,13-14,17-18H,2-5,10-12H2,1H3. The molecule has 0 unspecified atom stereocenters. The first-order valence-corrected chi connectivity index (χ1v) is 7.84. The van der Waals surface area contributed by atoms with Crippen molar-refractivity contribution < 1.29 is 9.47 Å². The topological polar surface area (TPSA) is 30.5 Å². The summed E-state index contributed by atoms with van der Waals surface area (Å²) >= 11 is 0. The molecule has 2 fully saturated rings. The Morgan fingerprint density at radius 3 is 2.20 bits per heavy atom. The highest BCUT2D eigenvalue weighted by Gasteiger charge is 2.40. The highest BCUT2D eigenvalue weighted by Crippen LogP contribution is 2.48. The molecule has 1 aromatic rings. The number of rotatable bonds is 9. The van der Waals surface area contributed by atoms with Crippen molar-refractivity contribution in [3.63, 3.8) is 0 Å². The van der Waals surface area contributed by atoms with Gasteiger partial charge >= 0.3 is 0 Å². The van der Waals surface area contributed by atoms with E-state index in [1.54, 1.807) is 7.11 Å². The van der Waals surface area contributed by atoms with Crippen LogP contribution in [0.5, 0.6) is 11.5 Å². The fourth-order valence-electron chi connectivity index (χ4n) is 2.95. The van der Waals surface area contributed by atoms with Gasteiger partial charge in [0.1, 0.15) is 18.1 Å². The van der Waals surface area contributed by atoms with Gasteiger partial charge in [0.2, 0.25) is 0 Å². The van der Waals surface area contributed by atoms with Crippen molar-refractivity contribution in [1.82, 2.24) is 5.32 Å². The number of nitrogens with one attached hydrogen (secondary N) is 1. The molecule has 110 valence electrons. The Morgan fingerprint density at radius 1 is 1.05 bits per heavy atom. The summed E-state index contributed by atoms with van der Waals surface area (Å²) in [5.41, 5.74) is 0. The summed E-state index contributed by atoms with van der Waals surface area (Å²) in [4.78, 5) is 0. The number of hydrogen-bond donors (Lipinski definition) is 1. The van der Waals surface area contributed by atoms with Gasteiger partial charge in [-0.05, 0) is 74.2 Å². The van der Waals surface area contributed by atoms with Gasteiger partial charge in [-0.25, -0.2) is 0 Å². The minimum Gasteiger partial charge on any atom is -0.497 e. The van der Waals surface area contributed by atoms with Crippen LogP contribution in [-0.2, 0) is 0 Å². The monoisotopic (exact) mass is 275 g/mol. The number of ether oxygens (including phenoxy) is 2. The van der Waals surface area contributed by atoms with Gasteiger partial charge in [-0.1, -0.05) is 0 Å². The summed E-state index contributed by atoms with van der Waals surface area (Å²) < 4.78 is 10.8. The molecule has 0 heterocycles. The van der Waals surface area contributed by atoms with Crippen molar-refractivity contribution in [3.05, 3.63) is 24.3 Å². The smallest absolute Gasteiger partial charge is 0.119 e. The Bertz CT molecular complexity index is 398. The van der Waals surface area contributed by atoms with Crippen LogP contribution in [0, 0.1) is 17.8 Å². The third kappa shape index (κ3) is 3.89. The van der Waals surface area contributed by atoms with Crippen LogP contribution in [0.3, 0.4) is 0 Å². The maximum atomic E-state index is 5.72. The van der Waals surface area contributed by atoms with E-state index in [1.807, 2.05) is 24.3 Å². The molecule has 0 bridgehead atoms. The maximum Gasteiger partial charge on any atom is 0.119 e. The van der Waals surface area contributed by atoms with Crippen molar-refractivity contribution in [2.75, 3.05) is 26.8 Å². The Kier molecular flexibility index (Phi) is 4.46. The molecule has 3 heteroatoms. The van der Waals surface area contributed by atoms with Crippen molar-refractivity contribution in [2.24, 2.45) is 17.8 Å². The van der Waals surface area contributed by atoms with E-state index >= 15 is 0 Å². The lowest BCUT2D eigenvalue weighted by atomic mass is 9.98. The maximum absolute atomic E-state index is 5.72. The minimum atomic E-state index is 0.731. The van der Waals surface area contributed by atoms with E-state index in [0.29, 0.717) is 0 Å². The molecule has 0 aromatic heterocycles. The number of methoxy groups -OCH3 is 1. The second-order valence-corrected chi connectivity index (χ2v) is 6.07. The Labute approximate surface area is 121 Å². The largest absolute Gasteiger partial charge is 0.497 e. The molecule has 0 radical (unpaired) electrons. The average Bonchev–Trinajstić information content (AvgIpc) is 3.37. The molecular weight excluding hydrogens is 250 g/mol. The van der Waals surface area contributed by atoms with Gasteiger partial charge in [-0.3, -0.25) is 0 Å². The Balaban J connectivity index is 1.31.